The normalized spacial score (nSPS) is 11.5. The third-order valence-electron chi connectivity index (χ3n) is 9.85. The van der Waals surface area contributed by atoms with Crippen molar-refractivity contribution in [3.8, 4) is 27.9 Å². The lowest BCUT2D eigenvalue weighted by Gasteiger charge is -2.25. The fourth-order valence-electron chi connectivity index (χ4n) is 7.54. The molecule has 0 amide bonds. The van der Waals surface area contributed by atoms with Crippen molar-refractivity contribution in [3.63, 3.8) is 0 Å². The van der Waals surface area contributed by atoms with E-state index in [1.165, 1.54) is 59.5 Å². The standard InChI is InChI=1S/C47H31N3S/c1-3-14-35(15-4-1)49(36-16-5-2-6-17-36)38-26-27-44-42(31-38)40-18-7-9-20-43(40)50(44)37-24-22-32(23-25-37)33-12-11-13-34(30-33)39-28-29-48-47-46(39)41-19-8-10-21-45(41)51-47/h1-31H. The Labute approximate surface area is 299 Å². The van der Waals surface area contributed by atoms with Gasteiger partial charge in [0.05, 0.1) is 11.0 Å². The monoisotopic (exact) mass is 669 g/mol. The first kappa shape index (κ1) is 29.4. The van der Waals surface area contributed by atoms with E-state index in [9.17, 15) is 0 Å². The molecule has 10 rings (SSSR count). The highest BCUT2D eigenvalue weighted by atomic mass is 32.1. The predicted octanol–water partition coefficient (Wildman–Crippen LogP) is 13.4. The Morgan fingerprint density at radius 1 is 0.451 bits per heavy atom. The van der Waals surface area contributed by atoms with Crippen LogP contribution in [0.3, 0.4) is 0 Å². The van der Waals surface area contributed by atoms with Crippen molar-refractivity contribution in [1.82, 2.24) is 9.55 Å². The molecule has 0 aliphatic rings. The molecule has 0 bridgehead atoms. The summed E-state index contributed by atoms with van der Waals surface area (Å²) in [6.45, 7) is 0. The molecule has 0 saturated heterocycles. The molecular weight excluding hydrogens is 639 g/mol. The summed E-state index contributed by atoms with van der Waals surface area (Å²) >= 11 is 1.76. The minimum absolute atomic E-state index is 1.08. The maximum absolute atomic E-state index is 4.72. The van der Waals surface area contributed by atoms with Crippen LogP contribution in [-0.4, -0.2) is 9.55 Å². The fraction of sp³-hybridized carbons (Fsp3) is 0. The minimum Gasteiger partial charge on any atom is -0.310 e. The number of rotatable bonds is 6. The summed E-state index contributed by atoms with van der Waals surface area (Å²) in [6, 6.07) is 65.4. The van der Waals surface area contributed by atoms with Gasteiger partial charge in [0.2, 0.25) is 0 Å². The number of hydrogen-bond donors (Lipinski definition) is 0. The Morgan fingerprint density at radius 3 is 1.90 bits per heavy atom. The summed E-state index contributed by atoms with van der Waals surface area (Å²) in [7, 11) is 0. The molecule has 0 spiro atoms. The minimum atomic E-state index is 1.08. The molecule has 0 atom stereocenters. The molecule has 240 valence electrons. The highest BCUT2D eigenvalue weighted by Gasteiger charge is 2.17. The second kappa shape index (κ2) is 12.1. The number of thiophene rings is 1. The predicted molar refractivity (Wildman–Crippen MR) is 217 cm³/mol. The van der Waals surface area contributed by atoms with E-state index in [2.05, 4.69) is 191 Å². The Morgan fingerprint density at radius 2 is 1.12 bits per heavy atom. The summed E-state index contributed by atoms with van der Waals surface area (Å²) < 4.78 is 3.66. The van der Waals surface area contributed by atoms with E-state index in [0.717, 1.165) is 27.6 Å². The smallest absolute Gasteiger partial charge is 0.125 e. The molecule has 10 aromatic rings. The van der Waals surface area contributed by atoms with Gasteiger partial charge in [-0.1, -0.05) is 103 Å². The van der Waals surface area contributed by atoms with Crippen molar-refractivity contribution in [2.45, 2.75) is 0 Å². The van der Waals surface area contributed by atoms with Crippen molar-refractivity contribution in [3.05, 3.63) is 188 Å². The van der Waals surface area contributed by atoms with Gasteiger partial charge in [0.25, 0.3) is 0 Å². The van der Waals surface area contributed by atoms with Gasteiger partial charge in [-0.25, -0.2) is 4.98 Å². The van der Waals surface area contributed by atoms with E-state index in [4.69, 9.17) is 4.98 Å². The van der Waals surface area contributed by atoms with E-state index in [0.29, 0.717) is 0 Å². The van der Waals surface area contributed by atoms with Gasteiger partial charge in [0.15, 0.2) is 0 Å². The Bertz CT molecular complexity index is 2810. The zero-order valence-electron chi connectivity index (χ0n) is 27.6. The molecule has 0 fully saturated rings. The highest BCUT2D eigenvalue weighted by Crippen LogP contribution is 2.41. The van der Waals surface area contributed by atoms with Crippen LogP contribution in [0.5, 0.6) is 0 Å². The average molecular weight is 670 g/mol. The van der Waals surface area contributed by atoms with E-state index in [-0.39, 0.29) is 0 Å². The van der Waals surface area contributed by atoms with E-state index in [1.54, 1.807) is 11.3 Å². The number of fused-ring (bicyclic) bond motifs is 6. The van der Waals surface area contributed by atoms with Gasteiger partial charge < -0.3 is 9.47 Å². The zero-order chi connectivity index (χ0) is 33.7. The van der Waals surface area contributed by atoms with Crippen LogP contribution < -0.4 is 4.90 Å². The number of aromatic nitrogens is 2. The molecule has 4 heteroatoms. The Balaban J connectivity index is 1.05. The van der Waals surface area contributed by atoms with Crippen LogP contribution in [0.15, 0.2) is 188 Å². The lowest BCUT2D eigenvalue weighted by Crippen LogP contribution is -2.09. The van der Waals surface area contributed by atoms with Crippen LogP contribution >= 0.6 is 11.3 Å². The van der Waals surface area contributed by atoms with Gasteiger partial charge in [0.1, 0.15) is 4.83 Å². The third-order valence-corrected chi connectivity index (χ3v) is 10.9. The number of nitrogens with zero attached hydrogens (tertiary/aromatic N) is 3. The first-order valence-electron chi connectivity index (χ1n) is 17.2. The largest absolute Gasteiger partial charge is 0.310 e. The SMILES string of the molecule is c1ccc(N(c2ccccc2)c2ccc3c(c2)c2ccccc2n3-c2ccc(-c3cccc(-c4ccnc5sc6ccccc6c45)c3)cc2)cc1. The zero-order valence-corrected chi connectivity index (χ0v) is 28.5. The van der Waals surface area contributed by atoms with Gasteiger partial charge in [0, 0.05) is 55.2 Å². The van der Waals surface area contributed by atoms with Crippen LogP contribution in [-0.2, 0) is 0 Å². The third kappa shape index (κ3) is 5.00. The average Bonchev–Trinajstić information content (AvgIpc) is 3.75. The number of benzene rings is 7. The number of hydrogen-bond acceptors (Lipinski definition) is 3. The van der Waals surface area contributed by atoms with Crippen molar-refractivity contribution in [2.75, 3.05) is 4.90 Å². The topological polar surface area (TPSA) is 21.1 Å². The molecule has 0 unspecified atom stereocenters. The first-order chi connectivity index (χ1) is 25.3. The molecular formula is C47H31N3S. The van der Waals surface area contributed by atoms with Crippen molar-refractivity contribution < 1.29 is 0 Å². The molecule has 7 aromatic carbocycles. The van der Waals surface area contributed by atoms with Crippen LogP contribution in [0.4, 0.5) is 17.1 Å². The summed E-state index contributed by atoms with van der Waals surface area (Å²) in [5.41, 5.74) is 11.7. The highest BCUT2D eigenvalue weighted by molar-refractivity contribution is 7.25. The number of pyridine rings is 1. The lowest BCUT2D eigenvalue weighted by atomic mass is 9.97. The molecule has 0 aliphatic heterocycles. The van der Waals surface area contributed by atoms with E-state index < -0.39 is 0 Å². The number of anilines is 3. The second-order valence-electron chi connectivity index (χ2n) is 12.8. The van der Waals surface area contributed by atoms with E-state index in [1.807, 2.05) is 6.20 Å². The van der Waals surface area contributed by atoms with Crippen LogP contribution in [0.1, 0.15) is 0 Å². The fourth-order valence-corrected chi connectivity index (χ4v) is 8.61. The van der Waals surface area contributed by atoms with Gasteiger partial charge in [-0.05, 0) is 101 Å². The Hall–Kier alpha value is -6.49. The molecule has 0 radical (unpaired) electrons. The summed E-state index contributed by atoms with van der Waals surface area (Å²) in [5, 5.41) is 4.95. The van der Waals surface area contributed by atoms with Crippen LogP contribution in [0.25, 0.3) is 70.0 Å². The molecule has 51 heavy (non-hydrogen) atoms. The maximum Gasteiger partial charge on any atom is 0.125 e. The molecule has 0 saturated carbocycles. The maximum atomic E-state index is 4.72. The van der Waals surface area contributed by atoms with Crippen molar-refractivity contribution in [2.24, 2.45) is 0 Å². The second-order valence-corrected chi connectivity index (χ2v) is 13.9. The van der Waals surface area contributed by atoms with Gasteiger partial charge in [-0.2, -0.15) is 0 Å². The van der Waals surface area contributed by atoms with Gasteiger partial charge in [-0.15, -0.1) is 11.3 Å². The van der Waals surface area contributed by atoms with Gasteiger partial charge in [-0.3, -0.25) is 0 Å². The summed E-state index contributed by atoms with van der Waals surface area (Å²) in [4.78, 5) is 8.12. The van der Waals surface area contributed by atoms with E-state index >= 15 is 0 Å². The molecule has 3 nitrogen and oxygen atoms in total. The molecule has 0 aliphatic carbocycles. The molecule has 3 heterocycles. The first-order valence-corrected chi connectivity index (χ1v) is 18.0. The van der Waals surface area contributed by atoms with Gasteiger partial charge >= 0.3 is 0 Å². The van der Waals surface area contributed by atoms with Crippen LogP contribution in [0, 0.1) is 0 Å². The summed E-state index contributed by atoms with van der Waals surface area (Å²) in [6.07, 6.45) is 1.93. The van der Waals surface area contributed by atoms with Crippen LogP contribution in [0.2, 0.25) is 0 Å². The number of para-hydroxylation sites is 3. The van der Waals surface area contributed by atoms with Crippen molar-refractivity contribution in [1.29, 1.82) is 0 Å². The molecule has 3 aromatic heterocycles. The summed E-state index contributed by atoms with van der Waals surface area (Å²) in [5.74, 6) is 0. The Kier molecular flexibility index (Phi) is 7.00. The molecule has 0 N–H and O–H groups in total. The van der Waals surface area contributed by atoms with Crippen molar-refractivity contribution >= 4 is 70.5 Å². The quantitative estimate of drug-likeness (QED) is 0.176. The lowest BCUT2D eigenvalue weighted by molar-refractivity contribution is 1.18.